The van der Waals surface area contributed by atoms with E-state index in [9.17, 15) is 14.7 Å². The summed E-state index contributed by atoms with van der Waals surface area (Å²) in [5, 5.41) is 11.8. The van der Waals surface area contributed by atoms with Crippen LogP contribution in [0.5, 0.6) is 5.75 Å². The molecule has 0 spiro atoms. The van der Waals surface area contributed by atoms with Crippen molar-refractivity contribution in [2.75, 3.05) is 13.6 Å². The molecule has 0 aliphatic heterocycles. The Balaban J connectivity index is 2.54. The van der Waals surface area contributed by atoms with E-state index in [0.717, 1.165) is 5.56 Å². The number of nitrogens with two attached hydrogens (primary N) is 1. The van der Waals surface area contributed by atoms with Crippen molar-refractivity contribution in [3.63, 3.8) is 0 Å². The van der Waals surface area contributed by atoms with Crippen LogP contribution in [0.4, 0.5) is 0 Å². The Morgan fingerprint density at radius 3 is 2.43 bits per heavy atom. The molecule has 1 aromatic rings. The Morgan fingerprint density at radius 1 is 1.33 bits per heavy atom. The molecular weight excluding hydrogens is 270 g/mol. The summed E-state index contributed by atoms with van der Waals surface area (Å²) in [4.78, 5) is 25.4. The van der Waals surface area contributed by atoms with E-state index in [1.54, 1.807) is 38.2 Å². The SMILES string of the molecule is CCN(C)C(=O)C(C)NC(=O)[C@H](N)Cc1ccc(O)cc1. The van der Waals surface area contributed by atoms with Crippen molar-refractivity contribution < 1.29 is 14.7 Å². The fraction of sp³-hybridized carbons (Fsp3) is 0.467. The standard InChI is InChI=1S/C15H23N3O3/c1-4-18(3)15(21)10(2)17-14(20)13(16)9-11-5-7-12(19)8-6-11/h5-8,10,13,19H,4,9,16H2,1-3H3,(H,17,20)/t10?,13-/m1/s1. The summed E-state index contributed by atoms with van der Waals surface area (Å²) in [6, 6.07) is 5.17. The van der Waals surface area contributed by atoms with Crippen molar-refractivity contribution >= 4 is 11.8 Å². The topological polar surface area (TPSA) is 95.7 Å². The van der Waals surface area contributed by atoms with Gasteiger partial charge in [0.1, 0.15) is 11.8 Å². The van der Waals surface area contributed by atoms with E-state index in [0.29, 0.717) is 13.0 Å². The van der Waals surface area contributed by atoms with Gasteiger partial charge in [0.2, 0.25) is 11.8 Å². The molecule has 0 aromatic heterocycles. The molecule has 2 atom stereocenters. The minimum atomic E-state index is -0.739. The van der Waals surface area contributed by atoms with Crippen LogP contribution in [0.1, 0.15) is 19.4 Å². The van der Waals surface area contributed by atoms with Gasteiger partial charge in [-0.2, -0.15) is 0 Å². The number of rotatable bonds is 6. The second-order valence-corrected chi connectivity index (χ2v) is 5.06. The number of benzene rings is 1. The summed E-state index contributed by atoms with van der Waals surface area (Å²) in [5.41, 5.74) is 6.69. The number of amides is 2. The minimum Gasteiger partial charge on any atom is -0.508 e. The molecule has 116 valence electrons. The van der Waals surface area contributed by atoms with Crippen LogP contribution < -0.4 is 11.1 Å². The Bertz CT molecular complexity index is 487. The highest BCUT2D eigenvalue weighted by atomic mass is 16.3. The zero-order chi connectivity index (χ0) is 16.0. The van der Waals surface area contributed by atoms with Gasteiger partial charge in [-0.15, -0.1) is 0 Å². The highest BCUT2D eigenvalue weighted by Crippen LogP contribution is 2.10. The van der Waals surface area contributed by atoms with Gasteiger partial charge in [-0.05, 0) is 38.0 Å². The van der Waals surface area contributed by atoms with Crippen molar-refractivity contribution in [3.05, 3.63) is 29.8 Å². The maximum Gasteiger partial charge on any atom is 0.244 e. The lowest BCUT2D eigenvalue weighted by molar-refractivity contribution is -0.135. The molecule has 1 aromatic carbocycles. The first kappa shape index (κ1) is 17.0. The number of nitrogens with one attached hydrogen (secondary N) is 1. The lowest BCUT2D eigenvalue weighted by atomic mass is 10.1. The first-order valence-corrected chi connectivity index (χ1v) is 6.94. The molecule has 1 rings (SSSR count). The van der Waals surface area contributed by atoms with Gasteiger partial charge in [0.05, 0.1) is 6.04 Å². The van der Waals surface area contributed by atoms with E-state index in [-0.39, 0.29) is 17.6 Å². The third-order valence-electron chi connectivity index (χ3n) is 3.31. The van der Waals surface area contributed by atoms with Gasteiger partial charge in [-0.25, -0.2) is 0 Å². The summed E-state index contributed by atoms with van der Waals surface area (Å²) >= 11 is 0. The second-order valence-electron chi connectivity index (χ2n) is 5.06. The van der Waals surface area contributed by atoms with E-state index < -0.39 is 12.1 Å². The summed E-state index contributed by atoms with van der Waals surface area (Å²) in [5.74, 6) is -0.352. The number of hydrogen-bond acceptors (Lipinski definition) is 4. The lowest BCUT2D eigenvalue weighted by Crippen LogP contribution is -2.51. The Hall–Kier alpha value is -2.08. The number of likely N-dealkylation sites (N-methyl/N-ethyl adjacent to an activating group) is 1. The largest absolute Gasteiger partial charge is 0.508 e. The van der Waals surface area contributed by atoms with Gasteiger partial charge in [0, 0.05) is 13.6 Å². The maximum atomic E-state index is 12.0. The number of phenolic OH excluding ortho intramolecular Hbond substituents is 1. The highest BCUT2D eigenvalue weighted by Gasteiger charge is 2.21. The number of hydrogen-bond donors (Lipinski definition) is 3. The Morgan fingerprint density at radius 2 is 1.90 bits per heavy atom. The Kier molecular flexibility index (Phi) is 6.17. The van der Waals surface area contributed by atoms with Gasteiger partial charge in [-0.3, -0.25) is 9.59 Å². The predicted molar refractivity (Wildman–Crippen MR) is 80.7 cm³/mol. The van der Waals surface area contributed by atoms with E-state index in [4.69, 9.17) is 5.73 Å². The molecule has 2 amide bonds. The van der Waals surface area contributed by atoms with Gasteiger partial charge in [0.15, 0.2) is 0 Å². The zero-order valence-electron chi connectivity index (χ0n) is 12.7. The summed E-state index contributed by atoms with van der Waals surface area (Å²) in [7, 11) is 1.68. The van der Waals surface area contributed by atoms with E-state index in [1.807, 2.05) is 6.92 Å². The molecule has 0 saturated carbocycles. The molecule has 6 heteroatoms. The molecule has 0 fully saturated rings. The predicted octanol–water partition coefficient (Wildman–Crippen LogP) is 0.245. The lowest BCUT2D eigenvalue weighted by Gasteiger charge is -2.22. The van der Waals surface area contributed by atoms with E-state index in [2.05, 4.69) is 5.32 Å². The molecule has 0 aliphatic rings. The second kappa shape index (κ2) is 7.64. The number of aromatic hydroxyl groups is 1. The maximum absolute atomic E-state index is 12.0. The quantitative estimate of drug-likeness (QED) is 0.700. The monoisotopic (exact) mass is 293 g/mol. The molecule has 1 unspecified atom stereocenters. The summed E-state index contributed by atoms with van der Waals surface area (Å²) in [6.07, 6.45) is 0.344. The van der Waals surface area contributed by atoms with Crippen LogP contribution >= 0.6 is 0 Å². The Labute approximate surface area is 124 Å². The van der Waals surface area contributed by atoms with Gasteiger partial charge < -0.3 is 21.1 Å². The normalized spacial score (nSPS) is 13.3. The van der Waals surface area contributed by atoms with E-state index >= 15 is 0 Å². The van der Waals surface area contributed by atoms with Crippen molar-refractivity contribution in [2.45, 2.75) is 32.4 Å². The van der Waals surface area contributed by atoms with Crippen LogP contribution in [0.15, 0.2) is 24.3 Å². The summed E-state index contributed by atoms with van der Waals surface area (Å²) in [6.45, 7) is 4.08. The number of phenols is 1. The summed E-state index contributed by atoms with van der Waals surface area (Å²) < 4.78 is 0. The van der Waals surface area contributed by atoms with Gasteiger partial charge >= 0.3 is 0 Å². The minimum absolute atomic E-state index is 0.150. The molecule has 0 aliphatic carbocycles. The van der Waals surface area contributed by atoms with Crippen LogP contribution in [0.3, 0.4) is 0 Å². The van der Waals surface area contributed by atoms with Gasteiger partial charge in [0.25, 0.3) is 0 Å². The van der Waals surface area contributed by atoms with Crippen molar-refractivity contribution in [3.8, 4) is 5.75 Å². The third-order valence-corrected chi connectivity index (χ3v) is 3.31. The fourth-order valence-corrected chi connectivity index (χ4v) is 1.85. The highest BCUT2D eigenvalue weighted by molar-refractivity contribution is 5.89. The number of carbonyl (C=O) groups is 2. The zero-order valence-corrected chi connectivity index (χ0v) is 12.7. The molecule has 0 bridgehead atoms. The molecular formula is C15H23N3O3. The fourth-order valence-electron chi connectivity index (χ4n) is 1.85. The first-order valence-electron chi connectivity index (χ1n) is 6.94. The number of carbonyl (C=O) groups excluding carboxylic acids is 2. The van der Waals surface area contributed by atoms with Crippen LogP contribution in [-0.2, 0) is 16.0 Å². The third kappa shape index (κ3) is 5.07. The van der Waals surface area contributed by atoms with Crippen molar-refractivity contribution in [1.82, 2.24) is 10.2 Å². The molecule has 6 nitrogen and oxygen atoms in total. The molecule has 21 heavy (non-hydrogen) atoms. The average Bonchev–Trinajstić information content (AvgIpc) is 2.47. The first-order chi connectivity index (χ1) is 9.85. The van der Waals surface area contributed by atoms with Crippen molar-refractivity contribution in [2.24, 2.45) is 5.73 Å². The van der Waals surface area contributed by atoms with Crippen molar-refractivity contribution in [1.29, 1.82) is 0 Å². The van der Waals surface area contributed by atoms with Crippen LogP contribution in [0, 0.1) is 0 Å². The number of nitrogens with zero attached hydrogens (tertiary/aromatic N) is 1. The van der Waals surface area contributed by atoms with Crippen LogP contribution in [0.2, 0.25) is 0 Å². The van der Waals surface area contributed by atoms with Crippen LogP contribution in [-0.4, -0.2) is 47.5 Å². The molecule has 0 heterocycles. The van der Waals surface area contributed by atoms with E-state index in [1.165, 1.54) is 4.90 Å². The molecule has 0 saturated heterocycles. The molecule has 0 radical (unpaired) electrons. The molecule has 4 N–H and O–H groups in total. The van der Waals surface area contributed by atoms with Gasteiger partial charge in [-0.1, -0.05) is 12.1 Å². The van der Waals surface area contributed by atoms with Crippen LogP contribution in [0.25, 0.3) is 0 Å². The average molecular weight is 293 g/mol. The smallest absolute Gasteiger partial charge is 0.244 e.